The van der Waals surface area contributed by atoms with E-state index in [0.29, 0.717) is 0 Å². The Balaban J connectivity index is 1.97. The van der Waals surface area contributed by atoms with Gasteiger partial charge in [0.15, 0.2) is 0 Å². The first-order valence-corrected chi connectivity index (χ1v) is 6.12. The van der Waals surface area contributed by atoms with Crippen LogP contribution in [0.2, 0.25) is 0 Å². The second-order valence-corrected chi connectivity index (χ2v) is 4.89. The Morgan fingerprint density at radius 3 is 2.41 bits per heavy atom. The molecule has 2 unspecified atom stereocenters. The number of hydrogen-bond donors (Lipinski definition) is 1. The number of aromatic nitrogens is 1. The third-order valence-electron chi connectivity index (χ3n) is 3.82. The van der Waals surface area contributed by atoms with E-state index in [1.54, 1.807) is 0 Å². The van der Waals surface area contributed by atoms with Gasteiger partial charge in [-0.05, 0) is 36.1 Å². The van der Waals surface area contributed by atoms with Crippen LogP contribution in [0.25, 0.3) is 0 Å². The molecule has 0 amide bonds. The highest BCUT2D eigenvalue weighted by Crippen LogP contribution is 2.32. The van der Waals surface area contributed by atoms with Crippen molar-refractivity contribution in [2.75, 3.05) is 0 Å². The van der Waals surface area contributed by atoms with E-state index in [-0.39, 0.29) is 12.0 Å². The fourth-order valence-electron chi connectivity index (χ4n) is 2.86. The van der Waals surface area contributed by atoms with Gasteiger partial charge in [-0.2, -0.15) is 0 Å². The number of fused-ring (bicyclic) bond motifs is 1. The number of aliphatic hydroxyl groups excluding tert-OH is 1. The molecule has 2 atom stereocenters. The van der Waals surface area contributed by atoms with Gasteiger partial charge in [0.1, 0.15) is 0 Å². The number of benzene rings is 1. The molecule has 17 heavy (non-hydrogen) atoms. The Labute approximate surface area is 102 Å². The molecule has 1 aliphatic carbocycles. The molecule has 1 heterocycles. The van der Waals surface area contributed by atoms with E-state index in [0.717, 1.165) is 12.8 Å². The van der Waals surface area contributed by atoms with Crippen LogP contribution in [0.3, 0.4) is 0 Å². The number of aliphatic hydroxyl groups is 1. The summed E-state index contributed by atoms with van der Waals surface area (Å²) in [7, 11) is 2.04. The van der Waals surface area contributed by atoms with E-state index in [1.165, 1.54) is 16.8 Å². The molecule has 0 radical (unpaired) electrons. The van der Waals surface area contributed by atoms with E-state index >= 15 is 0 Å². The summed E-state index contributed by atoms with van der Waals surface area (Å²) in [6.07, 6.45) is 3.49. The molecule has 2 nitrogen and oxygen atoms in total. The average molecular weight is 227 g/mol. The summed E-state index contributed by atoms with van der Waals surface area (Å²) in [6.45, 7) is 0. The van der Waals surface area contributed by atoms with E-state index in [9.17, 15) is 5.11 Å². The minimum atomic E-state index is -0.265. The van der Waals surface area contributed by atoms with Crippen LogP contribution in [0.15, 0.2) is 42.6 Å². The van der Waals surface area contributed by atoms with Crippen LogP contribution in [0, 0.1) is 0 Å². The zero-order valence-corrected chi connectivity index (χ0v) is 10.0. The summed E-state index contributed by atoms with van der Waals surface area (Å²) in [4.78, 5) is 0. The molecule has 1 aliphatic rings. The van der Waals surface area contributed by atoms with Gasteiger partial charge < -0.3 is 9.67 Å². The lowest BCUT2D eigenvalue weighted by molar-refractivity contribution is 0.132. The summed E-state index contributed by atoms with van der Waals surface area (Å²) in [6, 6.07) is 12.6. The summed E-state index contributed by atoms with van der Waals surface area (Å²) in [5, 5.41) is 10.3. The minimum absolute atomic E-state index is 0.227. The molecular formula is C15H17NO. The maximum Gasteiger partial charge on any atom is 0.0666 e. The van der Waals surface area contributed by atoms with Gasteiger partial charge >= 0.3 is 0 Å². The van der Waals surface area contributed by atoms with Crippen molar-refractivity contribution in [1.82, 2.24) is 4.57 Å². The first-order chi connectivity index (χ1) is 8.25. The lowest BCUT2D eigenvalue weighted by atomic mass is 9.80. The summed E-state index contributed by atoms with van der Waals surface area (Å²) >= 11 is 0. The number of aryl methyl sites for hydroxylation is 1. The van der Waals surface area contributed by atoms with Gasteiger partial charge in [-0.3, -0.25) is 0 Å². The van der Waals surface area contributed by atoms with Crippen LogP contribution >= 0.6 is 0 Å². The predicted molar refractivity (Wildman–Crippen MR) is 68.0 cm³/mol. The van der Waals surface area contributed by atoms with Crippen molar-refractivity contribution >= 4 is 0 Å². The third kappa shape index (κ3) is 1.79. The molecule has 0 saturated carbocycles. The summed E-state index contributed by atoms with van der Waals surface area (Å²) < 4.78 is 2.11. The molecule has 2 heteroatoms. The molecule has 0 saturated heterocycles. The quantitative estimate of drug-likeness (QED) is 0.794. The molecule has 0 fully saturated rings. The third-order valence-corrected chi connectivity index (χ3v) is 3.82. The fourth-order valence-corrected chi connectivity index (χ4v) is 2.86. The van der Waals surface area contributed by atoms with Crippen LogP contribution in [0.5, 0.6) is 0 Å². The molecule has 3 rings (SSSR count). The lowest BCUT2D eigenvalue weighted by Gasteiger charge is -2.30. The second-order valence-electron chi connectivity index (χ2n) is 4.89. The zero-order chi connectivity index (χ0) is 11.8. The second kappa shape index (κ2) is 4.04. The molecule has 88 valence electrons. The van der Waals surface area contributed by atoms with E-state index in [4.69, 9.17) is 0 Å². The topological polar surface area (TPSA) is 25.2 Å². The van der Waals surface area contributed by atoms with Crippen molar-refractivity contribution in [3.05, 3.63) is 59.4 Å². The molecule has 0 bridgehead atoms. The summed E-state index contributed by atoms with van der Waals surface area (Å²) in [5.74, 6) is 0.227. The van der Waals surface area contributed by atoms with Crippen molar-refractivity contribution in [3.63, 3.8) is 0 Å². The van der Waals surface area contributed by atoms with Crippen molar-refractivity contribution in [2.45, 2.75) is 24.9 Å². The van der Waals surface area contributed by atoms with Crippen LogP contribution in [0.4, 0.5) is 0 Å². The maximum absolute atomic E-state index is 10.3. The van der Waals surface area contributed by atoms with Gasteiger partial charge in [-0.15, -0.1) is 0 Å². The first kappa shape index (κ1) is 10.6. The van der Waals surface area contributed by atoms with Gasteiger partial charge in [0, 0.05) is 24.9 Å². The smallest absolute Gasteiger partial charge is 0.0666 e. The number of rotatable bonds is 1. The Morgan fingerprint density at radius 2 is 1.76 bits per heavy atom. The molecule has 1 N–H and O–H groups in total. The van der Waals surface area contributed by atoms with Gasteiger partial charge in [0.05, 0.1) is 6.10 Å². The molecule has 2 aromatic rings. The summed E-state index contributed by atoms with van der Waals surface area (Å²) in [5.41, 5.74) is 3.90. The molecule has 0 spiro atoms. The highest BCUT2D eigenvalue weighted by molar-refractivity contribution is 5.34. The predicted octanol–water partition coefficient (Wildman–Crippen LogP) is 2.27. The van der Waals surface area contributed by atoms with Crippen LogP contribution in [-0.2, 0) is 19.9 Å². The highest BCUT2D eigenvalue weighted by Gasteiger charge is 2.29. The molecular weight excluding hydrogens is 210 g/mol. The Kier molecular flexibility index (Phi) is 2.52. The Hall–Kier alpha value is -1.54. The van der Waals surface area contributed by atoms with Crippen LogP contribution < -0.4 is 0 Å². The van der Waals surface area contributed by atoms with Crippen molar-refractivity contribution in [2.24, 2.45) is 7.05 Å². The zero-order valence-electron chi connectivity index (χ0n) is 10.0. The maximum atomic E-state index is 10.3. The van der Waals surface area contributed by atoms with E-state index in [2.05, 4.69) is 28.8 Å². The van der Waals surface area contributed by atoms with Gasteiger partial charge in [0.2, 0.25) is 0 Å². The molecule has 1 aromatic heterocycles. The average Bonchev–Trinajstić information content (AvgIpc) is 2.74. The van der Waals surface area contributed by atoms with Crippen LogP contribution in [-0.4, -0.2) is 15.8 Å². The van der Waals surface area contributed by atoms with E-state index in [1.807, 2.05) is 25.4 Å². The van der Waals surface area contributed by atoms with E-state index < -0.39 is 0 Å². The van der Waals surface area contributed by atoms with Crippen molar-refractivity contribution < 1.29 is 5.11 Å². The number of hydrogen-bond acceptors (Lipinski definition) is 1. The monoisotopic (exact) mass is 227 g/mol. The Bertz CT molecular complexity index is 529. The van der Waals surface area contributed by atoms with Gasteiger partial charge in [-0.1, -0.05) is 24.3 Å². The SMILES string of the molecule is Cn1cccc1C1Cc2ccccc2CC1O. The molecule has 1 aromatic carbocycles. The minimum Gasteiger partial charge on any atom is -0.392 e. The first-order valence-electron chi connectivity index (χ1n) is 6.12. The van der Waals surface area contributed by atoms with Gasteiger partial charge in [-0.25, -0.2) is 0 Å². The molecule has 0 aliphatic heterocycles. The fraction of sp³-hybridized carbons (Fsp3) is 0.333. The van der Waals surface area contributed by atoms with Gasteiger partial charge in [0.25, 0.3) is 0 Å². The Morgan fingerprint density at radius 1 is 1.06 bits per heavy atom. The van der Waals surface area contributed by atoms with Crippen molar-refractivity contribution in [3.8, 4) is 0 Å². The lowest BCUT2D eigenvalue weighted by Crippen LogP contribution is -2.29. The largest absolute Gasteiger partial charge is 0.392 e. The highest BCUT2D eigenvalue weighted by atomic mass is 16.3. The normalized spacial score (nSPS) is 23.4. The van der Waals surface area contributed by atoms with Crippen LogP contribution in [0.1, 0.15) is 22.7 Å². The number of nitrogens with zero attached hydrogens (tertiary/aromatic N) is 1. The standard InChI is InChI=1S/C15H17NO/c1-16-8-4-7-14(16)13-9-11-5-2-3-6-12(11)10-15(13)17/h2-8,13,15,17H,9-10H2,1H3. The van der Waals surface area contributed by atoms with Crippen molar-refractivity contribution in [1.29, 1.82) is 0 Å².